The van der Waals surface area contributed by atoms with Gasteiger partial charge in [-0.05, 0) is 49.4 Å². The highest BCUT2D eigenvalue weighted by Gasteiger charge is 2.32. The quantitative estimate of drug-likeness (QED) is 0.763. The Balaban J connectivity index is 1.47. The molecule has 1 aromatic carbocycles. The number of fused-ring (bicyclic) bond motifs is 1. The van der Waals surface area contributed by atoms with Crippen molar-refractivity contribution in [2.24, 2.45) is 5.92 Å². The fourth-order valence-corrected chi connectivity index (χ4v) is 3.87. The van der Waals surface area contributed by atoms with Crippen molar-refractivity contribution in [2.75, 3.05) is 26.2 Å². The highest BCUT2D eigenvalue weighted by molar-refractivity contribution is 7.20. The minimum Gasteiger partial charge on any atom is -0.461 e. The number of nitrogens with zero attached hydrogens (tertiary/aromatic N) is 1. The van der Waals surface area contributed by atoms with Crippen LogP contribution in [0.5, 0.6) is 0 Å². The summed E-state index contributed by atoms with van der Waals surface area (Å²) in [6.07, 6.45) is -2.91. The van der Waals surface area contributed by atoms with E-state index in [4.69, 9.17) is 4.74 Å². The number of hydrogen-bond donors (Lipinski definition) is 0. The number of thiophene rings is 1. The van der Waals surface area contributed by atoms with E-state index in [-0.39, 0.29) is 18.5 Å². The van der Waals surface area contributed by atoms with Crippen molar-refractivity contribution in [3.8, 4) is 0 Å². The largest absolute Gasteiger partial charge is 0.461 e. The molecule has 7 heteroatoms. The van der Waals surface area contributed by atoms with Gasteiger partial charge >= 0.3 is 12.1 Å². The van der Waals surface area contributed by atoms with Crippen LogP contribution in [0.4, 0.5) is 13.2 Å². The molecular formula is C17H18F3NO2S. The van der Waals surface area contributed by atoms with Crippen LogP contribution >= 0.6 is 11.3 Å². The Morgan fingerprint density at radius 2 is 1.96 bits per heavy atom. The zero-order valence-corrected chi connectivity index (χ0v) is 13.8. The molecule has 2 aromatic rings. The number of rotatable bonds is 4. The molecule has 2 heterocycles. The number of ether oxygens (including phenoxy) is 1. The van der Waals surface area contributed by atoms with Crippen molar-refractivity contribution in [3.63, 3.8) is 0 Å². The summed E-state index contributed by atoms with van der Waals surface area (Å²) in [6.45, 7) is 0.198. The number of piperidine rings is 1. The van der Waals surface area contributed by atoms with Gasteiger partial charge in [-0.2, -0.15) is 13.2 Å². The SMILES string of the molecule is O=C(OCC1CCN(CC(F)(F)F)CC1)c1cc2ccccc2s1. The van der Waals surface area contributed by atoms with Gasteiger partial charge in [-0.15, -0.1) is 11.3 Å². The molecule has 1 aliphatic rings. The van der Waals surface area contributed by atoms with Crippen molar-refractivity contribution >= 4 is 27.4 Å². The molecule has 1 saturated heterocycles. The number of halogens is 3. The third kappa shape index (κ3) is 4.48. The molecule has 0 amide bonds. The Morgan fingerprint density at radius 3 is 2.62 bits per heavy atom. The molecule has 0 aliphatic carbocycles. The number of likely N-dealkylation sites (tertiary alicyclic amines) is 1. The van der Waals surface area contributed by atoms with E-state index in [9.17, 15) is 18.0 Å². The maximum absolute atomic E-state index is 12.4. The Morgan fingerprint density at radius 1 is 1.25 bits per heavy atom. The van der Waals surface area contributed by atoms with Crippen LogP contribution in [0.25, 0.3) is 10.1 Å². The van der Waals surface area contributed by atoms with Crippen LogP contribution in [0.15, 0.2) is 30.3 Å². The number of esters is 1. The third-order valence-corrected chi connectivity index (χ3v) is 5.28. The lowest BCUT2D eigenvalue weighted by Crippen LogP contribution is -2.40. The minimum absolute atomic E-state index is 0.132. The lowest BCUT2D eigenvalue weighted by Gasteiger charge is -2.31. The van der Waals surface area contributed by atoms with Crippen molar-refractivity contribution in [1.82, 2.24) is 4.90 Å². The predicted octanol–water partition coefficient (Wildman–Crippen LogP) is 4.33. The number of carbonyl (C=O) groups excluding carboxylic acids is 1. The van der Waals surface area contributed by atoms with Gasteiger partial charge in [0.15, 0.2) is 0 Å². The van der Waals surface area contributed by atoms with E-state index < -0.39 is 12.7 Å². The van der Waals surface area contributed by atoms with E-state index in [1.807, 2.05) is 30.3 Å². The van der Waals surface area contributed by atoms with Gasteiger partial charge in [0.25, 0.3) is 0 Å². The van der Waals surface area contributed by atoms with Crippen molar-refractivity contribution in [3.05, 3.63) is 35.2 Å². The molecular weight excluding hydrogens is 339 g/mol. The van der Waals surface area contributed by atoms with E-state index in [2.05, 4.69) is 0 Å². The smallest absolute Gasteiger partial charge is 0.401 e. The first-order valence-electron chi connectivity index (χ1n) is 7.85. The molecule has 0 unspecified atom stereocenters. The second-order valence-electron chi connectivity index (χ2n) is 6.08. The minimum atomic E-state index is -4.15. The molecule has 0 spiro atoms. The van der Waals surface area contributed by atoms with Crippen molar-refractivity contribution in [2.45, 2.75) is 19.0 Å². The van der Waals surface area contributed by atoms with Gasteiger partial charge < -0.3 is 4.74 Å². The topological polar surface area (TPSA) is 29.5 Å². The first-order chi connectivity index (χ1) is 11.4. The molecule has 24 heavy (non-hydrogen) atoms. The summed E-state index contributed by atoms with van der Waals surface area (Å²) in [5.41, 5.74) is 0. The zero-order chi connectivity index (χ0) is 17.2. The Labute approximate surface area is 142 Å². The molecule has 130 valence electrons. The highest BCUT2D eigenvalue weighted by atomic mass is 32.1. The van der Waals surface area contributed by atoms with Crippen LogP contribution < -0.4 is 0 Å². The van der Waals surface area contributed by atoms with E-state index >= 15 is 0 Å². The molecule has 0 N–H and O–H groups in total. The summed E-state index contributed by atoms with van der Waals surface area (Å²) >= 11 is 1.39. The molecule has 0 atom stereocenters. The highest BCUT2D eigenvalue weighted by Crippen LogP contribution is 2.27. The zero-order valence-electron chi connectivity index (χ0n) is 13.0. The summed E-state index contributed by atoms with van der Waals surface area (Å²) in [5.74, 6) is -0.221. The van der Waals surface area contributed by atoms with Gasteiger partial charge in [-0.3, -0.25) is 4.90 Å². The van der Waals surface area contributed by atoms with Crippen LogP contribution in [-0.4, -0.2) is 43.3 Å². The average Bonchev–Trinajstić information content (AvgIpc) is 2.96. The molecule has 0 bridgehead atoms. The summed E-state index contributed by atoms with van der Waals surface area (Å²) in [4.78, 5) is 14.1. The van der Waals surface area contributed by atoms with Crippen LogP contribution in [0.2, 0.25) is 0 Å². The summed E-state index contributed by atoms with van der Waals surface area (Å²) in [7, 11) is 0. The summed E-state index contributed by atoms with van der Waals surface area (Å²) in [6, 6.07) is 9.54. The van der Waals surface area contributed by atoms with Gasteiger partial charge in [-0.1, -0.05) is 18.2 Å². The maximum atomic E-state index is 12.4. The molecule has 1 aromatic heterocycles. The summed E-state index contributed by atoms with van der Waals surface area (Å²) in [5, 5.41) is 1.01. The van der Waals surface area contributed by atoms with Crippen LogP contribution in [0, 0.1) is 5.92 Å². The lowest BCUT2D eigenvalue weighted by molar-refractivity contribution is -0.148. The first kappa shape index (κ1) is 17.2. The van der Waals surface area contributed by atoms with Gasteiger partial charge in [0.2, 0.25) is 0 Å². The number of alkyl halides is 3. The van der Waals surface area contributed by atoms with E-state index in [1.165, 1.54) is 16.2 Å². The number of hydrogen-bond acceptors (Lipinski definition) is 4. The molecule has 1 aliphatic heterocycles. The van der Waals surface area contributed by atoms with Gasteiger partial charge in [0, 0.05) is 4.70 Å². The lowest BCUT2D eigenvalue weighted by atomic mass is 9.98. The second-order valence-corrected chi connectivity index (χ2v) is 7.17. The van der Waals surface area contributed by atoms with Crippen LogP contribution in [0.3, 0.4) is 0 Å². The monoisotopic (exact) mass is 357 g/mol. The third-order valence-electron chi connectivity index (χ3n) is 4.19. The molecule has 3 rings (SSSR count). The van der Waals surface area contributed by atoms with Crippen LogP contribution in [0.1, 0.15) is 22.5 Å². The Hall–Kier alpha value is -1.60. The van der Waals surface area contributed by atoms with Crippen molar-refractivity contribution < 1.29 is 22.7 Å². The number of carbonyl (C=O) groups is 1. The average molecular weight is 357 g/mol. The van der Waals surface area contributed by atoms with Gasteiger partial charge in [0.05, 0.1) is 13.2 Å². The standard InChI is InChI=1S/C17H18F3NO2S/c18-17(19,20)11-21-7-5-12(6-8-21)10-23-16(22)15-9-13-3-1-2-4-14(13)24-15/h1-4,9,12H,5-8,10-11H2. The molecule has 3 nitrogen and oxygen atoms in total. The van der Waals surface area contributed by atoms with Gasteiger partial charge in [0.1, 0.15) is 4.88 Å². The molecule has 0 saturated carbocycles. The first-order valence-corrected chi connectivity index (χ1v) is 8.67. The van der Waals surface area contributed by atoms with Gasteiger partial charge in [-0.25, -0.2) is 4.79 Å². The van der Waals surface area contributed by atoms with Crippen LogP contribution in [-0.2, 0) is 4.74 Å². The Bertz CT molecular complexity index is 672. The maximum Gasteiger partial charge on any atom is 0.401 e. The fraction of sp³-hybridized carbons (Fsp3) is 0.471. The van der Waals surface area contributed by atoms with Crippen molar-refractivity contribution in [1.29, 1.82) is 0 Å². The predicted molar refractivity (Wildman–Crippen MR) is 87.3 cm³/mol. The normalized spacial score (nSPS) is 17.3. The Kier molecular flexibility index (Phi) is 5.10. The molecule has 0 radical (unpaired) electrons. The summed E-state index contributed by atoms with van der Waals surface area (Å²) < 4.78 is 43.5. The molecule has 1 fully saturated rings. The number of benzene rings is 1. The van der Waals surface area contributed by atoms with E-state index in [0.29, 0.717) is 30.8 Å². The second kappa shape index (κ2) is 7.11. The van der Waals surface area contributed by atoms with E-state index in [1.54, 1.807) is 0 Å². The fourth-order valence-electron chi connectivity index (χ4n) is 2.91. The van der Waals surface area contributed by atoms with E-state index in [0.717, 1.165) is 10.1 Å².